The highest BCUT2D eigenvalue weighted by Gasteiger charge is 2.26. The first-order valence-electron chi connectivity index (χ1n) is 6.88. The number of nitrogens with one attached hydrogen (secondary N) is 1. The molecule has 0 spiro atoms. The van der Waals surface area contributed by atoms with Crippen LogP contribution in [0.4, 0.5) is 5.69 Å². The lowest BCUT2D eigenvalue weighted by molar-refractivity contribution is 0.101. The van der Waals surface area contributed by atoms with E-state index in [9.17, 15) is 9.59 Å². The monoisotopic (exact) mass is 281 g/mol. The summed E-state index contributed by atoms with van der Waals surface area (Å²) in [4.78, 5) is 31.9. The number of anilines is 1. The largest absolute Gasteiger partial charge is 0.322 e. The lowest BCUT2D eigenvalue weighted by atomic mass is 10.1. The number of carbonyl (C=O) groups excluding carboxylic acids is 2. The van der Waals surface area contributed by atoms with Crippen LogP contribution in [0.1, 0.15) is 52.2 Å². The minimum Gasteiger partial charge on any atom is -0.322 e. The summed E-state index contributed by atoms with van der Waals surface area (Å²) in [6.45, 7) is 1.49. The Balaban J connectivity index is 1.73. The molecule has 1 aromatic heterocycles. The summed E-state index contributed by atoms with van der Waals surface area (Å²) in [6, 6.07) is 6.84. The lowest BCUT2D eigenvalue weighted by Gasteiger charge is -2.06. The van der Waals surface area contributed by atoms with Gasteiger partial charge >= 0.3 is 0 Å². The first-order valence-corrected chi connectivity index (χ1v) is 6.88. The van der Waals surface area contributed by atoms with Gasteiger partial charge in [0, 0.05) is 29.6 Å². The summed E-state index contributed by atoms with van der Waals surface area (Å²) >= 11 is 0. The van der Waals surface area contributed by atoms with Gasteiger partial charge in [-0.1, -0.05) is 12.1 Å². The molecular weight excluding hydrogens is 266 g/mol. The maximum atomic E-state index is 12.1. The van der Waals surface area contributed by atoms with Crippen molar-refractivity contribution in [3.05, 3.63) is 53.6 Å². The van der Waals surface area contributed by atoms with Crippen LogP contribution in [0.2, 0.25) is 0 Å². The molecule has 21 heavy (non-hydrogen) atoms. The fourth-order valence-electron chi connectivity index (χ4n) is 2.03. The second-order valence-corrected chi connectivity index (χ2v) is 5.20. The van der Waals surface area contributed by atoms with E-state index in [0.29, 0.717) is 22.7 Å². The van der Waals surface area contributed by atoms with Gasteiger partial charge in [0.15, 0.2) is 5.78 Å². The minimum absolute atomic E-state index is 0.0387. The van der Waals surface area contributed by atoms with Crippen molar-refractivity contribution in [3.8, 4) is 0 Å². The molecule has 1 amide bonds. The van der Waals surface area contributed by atoms with E-state index in [1.54, 1.807) is 36.7 Å². The predicted octanol–water partition coefficient (Wildman–Crippen LogP) is 2.81. The van der Waals surface area contributed by atoms with Gasteiger partial charge in [-0.15, -0.1) is 0 Å². The molecule has 0 radical (unpaired) electrons. The number of ketones is 1. The van der Waals surface area contributed by atoms with Crippen LogP contribution in [0.15, 0.2) is 36.7 Å². The molecule has 1 saturated carbocycles. The molecule has 1 aliphatic rings. The number of benzene rings is 1. The molecule has 106 valence electrons. The number of aromatic nitrogens is 2. The molecule has 1 aliphatic carbocycles. The van der Waals surface area contributed by atoms with E-state index in [4.69, 9.17) is 0 Å². The molecular formula is C16H15N3O2. The van der Waals surface area contributed by atoms with Crippen LogP contribution in [0.25, 0.3) is 0 Å². The summed E-state index contributed by atoms with van der Waals surface area (Å²) in [5, 5.41) is 2.75. The van der Waals surface area contributed by atoms with E-state index < -0.39 is 0 Å². The Morgan fingerprint density at radius 3 is 2.48 bits per heavy atom. The Morgan fingerprint density at radius 2 is 1.86 bits per heavy atom. The van der Waals surface area contributed by atoms with Gasteiger partial charge in [0.05, 0.1) is 5.56 Å². The van der Waals surface area contributed by atoms with Crippen LogP contribution < -0.4 is 5.32 Å². The zero-order chi connectivity index (χ0) is 14.8. The van der Waals surface area contributed by atoms with Crippen molar-refractivity contribution in [1.82, 2.24) is 9.97 Å². The Labute approximate surface area is 122 Å². The van der Waals surface area contributed by atoms with Gasteiger partial charge in [0.2, 0.25) is 0 Å². The van der Waals surface area contributed by atoms with Gasteiger partial charge in [0.1, 0.15) is 5.82 Å². The standard InChI is InChI=1S/C16H15N3O2/c1-10(20)12-3-2-4-14(7-12)19-16(21)13-8-17-15(18-9-13)11-5-6-11/h2-4,7-9,11H,5-6H2,1H3,(H,19,21). The Morgan fingerprint density at radius 1 is 1.14 bits per heavy atom. The molecule has 1 N–H and O–H groups in total. The molecule has 5 heteroatoms. The highest BCUT2D eigenvalue weighted by atomic mass is 16.1. The zero-order valence-electron chi connectivity index (χ0n) is 11.7. The molecule has 1 aromatic carbocycles. The Hall–Kier alpha value is -2.56. The normalized spacial score (nSPS) is 13.8. The zero-order valence-corrected chi connectivity index (χ0v) is 11.7. The third kappa shape index (κ3) is 3.13. The van der Waals surface area contributed by atoms with E-state index in [1.807, 2.05) is 0 Å². The average Bonchev–Trinajstić information content (AvgIpc) is 3.32. The number of nitrogens with zero attached hydrogens (tertiary/aromatic N) is 2. The quantitative estimate of drug-likeness (QED) is 0.875. The van der Waals surface area contributed by atoms with E-state index in [0.717, 1.165) is 18.7 Å². The van der Waals surface area contributed by atoms with Crippen molar-refractivity contribution in [1.29, 1.82) is 0 Å². The van der Waals surface area contributed by atoms with E-state index >= 15 is 0 Å². The van der Waals surface area contributed by atoms with E-state index in [-0.39, 0.29) is 11.7 Å². The fourth-order valence-corrected chi connectivity index (χ4v) is 2.03. The molecule has 2 aromatic rings. The Kier molecular flexibility index (Phi) is 3.48. The van der Waals surface area contributed by atoms with Crippen LogP contribution in [-0.2, 0) is 0 Å². The topological polar surface area (TPSA) is 72.0 Å². The van der Waals surface area contributed by atoms with Crippen LogP contribution in [0.5, 0.6) is 0 Å². The fraction of sp³-hybridized carbons (Fsp3) is 0.250. The average molecular weight is 281 g/mol. The van der Waals surface area contributed by atoms with Crippen molar-refractivity contribution in [2.75, 3.05) is 5.32 Å². The van der Waals surface area contributed by atoms with Gasteiger partial charge in [-0.3, -0.25) is 9.59 Å². The molecule has 1 heterocycles. The number of hydrogen-bond donors (Lipinski definition) is 1. The highest BCUT2D eigenvalue weighted by molar-refractivity contribution is 6.04. The summed E-state index contributed by atoms with van der Waals surface area (Å²) in [6.07, 6.45) is 5.35. The van der Waals surface area contributed by atoms with Gasteiger partial charge < -0.3 is 5.32 Å². The van der Waals surface area contributed by atoms with E-state index in [2.05, 4.69) is 15.3 Å². The maximum absolute atomic E-state index is 12.1. The summed E-state index contributed by atoms with van der Waals surface area (Å²) < 4.78 is 0. The second-order valence-electron chi connectivity index (χ2n) is 5.20. The molecule has 5 nitrogen and oxygen atoms in total. The number of hydrogen-bond acceptors (Lipinski definition) is 4. The predicted molar refractivity (Wildman–Crippen MR) is 78.4 cm³/mol. The van der Waals surface area contributed by atoms with Crippen LogP contribution in [-0.4, -0.2) is 21.7 Å². The molecule has 1 fully saturated rings. The summed E-state index contributed by atoms with van der Waals surface area (Å²) in [5.41, 5.74) is 1.56. The lowest BCUT2D eigenvalue weighted by Crippen LogP contribution is -2.13. The van der Waals surface area contributed by atoms with Crippen LogP contribution in [0.3, 0.4) is 0 Å². The van der Waals surface area contributed by atoms with Gasteiger partial charge in [-0.25, -0.2) is 9.97 Å². The summed E-state index contributed by atoms with van der Waals surface area (Å²) in [7, 11) is 0. The minimum atomic E-state index is -0.280. The van der Waals surface area contributed by atoms with Crippen molar-refractivity contribution in [2.24, 2.45) is 0 Å². The number of carbonyl (C=O) groups is 2. The van der Waals surface area contributed by atoms with Crippen molar-refractivity contribution < 1.29 is 9.59 Å². The highest BCUT2D eigenvalue weighted by Crippen LogP contribution is 2.37. The third-order valence-corrected chi connectivity index (χ3v) is 3.40. The SMILES string of the molecule is CC(=O)c1cccc(NC(=O)c2cnc(C3CC3)nc2)c1. The molecule has 0 aliphatic heterocycles. The van der Waals surface area contributed by atoms with Gasteiger partial charge in [-0.05, 0) is 31.9 Å². The van der Waals surface area contributed by atoms with Crippen LogP contribution >= 0.6 is 0 Å². The molecule has 0 bridgehead atoms. The van der Waals surface area contributed by atoms with Gasteiger partial charge in [0.25, 0.3) is 5.91 Å². The van der Waals surface area contributed by atoms with Crippen LogP contribution in [0, 0.1) is 0 Å². The summed E-state index contributed by atoms with van der Waals surface area (Å²) in [5.74, 6) is 0.959. The smallest absolute Gasteiger partial charge is 0.258 e. The van der Waals surface area contributed by atoms with E-state index in [1.165, 1.54) is 6.92 Å². The molecule has 0 unspecified atom stereocenters. The molecule has 0 saturated heterocycles. The van der Waals surface area contributed by atoms with Crippen molar-refractivity contribution >= 4 is 17.4 Å². The Bertz CT molecular complexity index is 691. The maximum Gasteiger partial charge on any atom is 0.258 e. The molecule has 3 rings (SSSR count). The van der Waals surface area contributed by atoms with Crippen molar-refractivity contribution in [2.45, 2.75) is 25.7 Å². The molecule has 0 atom stereocenters. The first kappa shape index (κ1) is 13.4. The number of amides is 1. The second kappa shape index (κ2) is 5.44. The number of Topliss-reactive ketones (excluding diaryl/α,β-unsaturated/α-hetero) is 1. The van der Waals surface area contributed by atoms with Gasteiger partial charge in [-0.2, -0.15) is 0 Å². The third-order valence-electron chi connectivity index (χ3n) is 3.40. The first-order chi connectivity index (χ1) is 10.1. The number of rotatable bonds is 4. The van der Waals surface area contributed by atoms with Crippen molar-refractivity contribution in [3.63, 3.8) is 0 Å².